The van der Waals surface area contributed by atoms with Crippen molar-refractivity contribution in [2.24, 2.45) is 5.84 Å². The first-order valence-corrected chi connectivity index (χ1v) is 5.03. The minimum atomic E-state index is -0.648. The quantitative estimate of drug-likeness (QED) is 0.472. The molecule has 0 amide bonds. The molecular weight excluding hydrogens is 210 g/mol. The van der Waals surface area contributed by atoms with Gasteiger partial charge in [0, 0.05) is 5.56 Å². The van der Waals surface area contributed by atoms with Crippen LogP contribution in [0, 0.1) is 18.6 Å². The molecule has 2 nitrogen and oxygen atoms in total. The predicted octanol–water partition coefficient (Wildman–Crippen LogP) is 2.74. The van der Waals surface area contributed by atoms with Gasteiger partial charge >= 0.3 is 0 Å². The van der Waals surface area contributed by atoms with E-state index in [1.165, 1.54) is 12.1 Å². The summed E-state index contributed by atoms with van der Waals surface area (Å²) in [5.74, 6) is 4.16. The average molecular weight is 226 g/mol. The van der Waals surface area contributed by atoms with Crippen LogP contribution in [0.1, 0.15) is 31.0 Å². The van der Waals surface area contributed by atoms with Gasteiger partial charge in [0.2, 0.25) is 0 Å². The molecule has 0 radical (unpaired) electrons. The Kier molecular flexibility index (Phi) is 4.15. The fraction of sp³-hybridized carbons (Fsp3) is 0.333. The minimum absolute atomic E-state index is 0.0382. The van der Waals surface area contributed by atoms with E-state index in [2.05, 4.69) is 5.43 Å². The molecule has 0 aliphatic heterocycles. The zero-order valence-corrected chi connectivity index (χ0v) is 9.64. The molecule has 4 heteroatoms. The first kappa shape index (κ1) is 12.8. The van der Waals surface area contributed by atoms with Gasteiger partial charge in [-0.1, -0.05) is 17.7 Å². The second-order valence-electron chi connectivity index (χ2n) is 3.98. The standard InChI is InChI=1S/C12H16F2N2/c1-7(2)6-10(16-15)11-9(13)5-4-8(3)12(11)14/h4-6,10,16H,15H2,1-3H3. The van der Waals surface area contributed by atoms with E-state index in [-0.39, 0.29) is 5.56 Å². The van der Waals surface area contributed by atoms with E-state index >= 15 is 0 Å². The van der Waals surface area contributed by atoms with Crippen molar-refractivity contribution in [2.75, 3.05) is 0 Å². The Hall–Kier alpha value is -1.26. The topological polar surface area (TPSA) is 38.0 Å². The Labute approximate surface area is 94.1 Å². The fourth-order valence-corrected chi connectivity index (χ4v) is 1.51. The summed E-state index contributed by atoms with van der Waals surface area (Å²) in [6.45, 7) is 5.28. The summed E-state index contributed by atoms with van der Waals surface area (Å²) in [5.41, 5.74) is 3.70. The van der Waals surface area contributed by atoms with Crippen molar-refractivity contribution in [1.29, 1.82) is 0 Å². The van der Waals surface area contributed by atoms with Gasteiger partial charge in [0.05, 0.1) is 6.04 Å². The normalized spacial score (nSPS) is 12.4. The molecule has 0 spiro atoms. The third-order valence-corrected chi connectivity index (χ3v) is 2.31. The van der Waals surface area contributed by atoms with Gasteiger partial charge in [-0.25, -0.2) is 14.2 Å². The number of hydrogen-bond acceptors (Lipinski definition) is 2. The van der Waals surface area contributed by atoms with Crippen LogP contribution >= 0.6 is 0 Å². The number of hydrogen-bond donors (Lipinski definition) is 2. The first-order chi connectivity index (χ1) is 7.47. The van der Waals surface area contributed by atoms with Crippen LogP contribution in [0.5, 0.6) is 0 Å². The van der Waals surface area contributed by atoms with Gasteiger partial charge in [-0.05, 0) is 32.4 Å². The molecule has 0 heterocycles. The van der Waals surface area contributed by atoms with Crippen molar-refractivity contribution in [1.82, 2.24) is 5.43 Å². The maximum atomic E-state index is 13.8. The van der Waals surface area contributed by atoms with Gasteiger partial charge in [-0.3, -0.25) is 5.84 Å². The highest BCUT2D eigenvalue weighted by Crippen LogP contribution is 2.24. The first-order valence-electron chi connectivity index (χ1n) is 5.03. The van der Waals surface area contributed by atoms with Crippen LogP contribution in [0.3, 0.4) is 0 Å². The SMILES string of the molecule is CC(C)=CC(NN)c1c(F)ccc(C)c1F. The lowest BCUT2D eigenvalue weighted by atomic mass is 10.0. The molecule has 16 heavy (non-hydrogen) atoms. The number of nitrogens with one attached hydrogen (secondary N) is 1. The van der Waals surface area contributed by atoms with Gasteiger partial charge in [0.15, 0.2) is 0 Å². The van der Waals surface area contributed by atoms with Gasteiger partial charge in [0.25, 0.3) is 0 Å². The molecule has 3 N–H and O–H groups in total. The maximum absolute atomic E-state index is 13.8. The fourth-order valence-electron chi connectivity index (χ4n) is 1.51. The lowest BCUT2D eigenvalue weighted by Crippen LogP contribution is -2.28. The lowest BCUT2D eigenvalue weighted by Gasteiger charge is -2.15. The van der Waals surface area contributed by atoms with Crippen molar-refractivity contribution >= 4 is 0 Å². The highest BCUT2D eigenvalue weighted by molar-refractivity contribution is 5.32. The molecule has 0 aromatic heterocycles. The summed E-state index contributed by atoms with van der Waals surface area (Å²) in [7, 11) is 0. The highest BCUT2D eigenvalue weighted by atomic mass is 19.1. The Morgan fingerprint density at radius 1 is 1.38 bits per heavy atom. The Morgan fingerprint density at radius 3 is 2.50 bits per heavy atom. The monoisotopic (exact) mass is 226 g/mol. The van der Waals surface area contributed by atoms with Crippen LogP contribution < -0.4 is 11.3 Å². The molecule has 0 bridgehead atoms. The van der Waals surface area contributed by atoms with Crippen LogP contribution in [0.25, 0.3) is 0 Å². The van der Waals surface area contributed by atoms with Crippen molar-refractivity contribution in [2.45, 2.75) is 26.8 Å². The summed E-state index contributed by atoms with van der Waals surface area (Å²) >= 11 is 0. The third-order valence-electron chi connectivity index (χ3n) is 2.31. The molecule has 0 saturated carbocycles. The highest BCUT2D eigenvalue weighted by Gasteiger charge is 2.18. The van der Waals surface area contributed by atoms with Gasteiger partial charge < -0.3 is 0 Å². The molecule has 0 fully saturated rings. The number of rotatable bonds is 3. The van der Waals surface area contributed by atoms with E-state index in [0.717, 1.165) is 5.57 Å². The zero-order valence-electron chi connectivity index (χ0n) is 9.64. The Morgan fingerprint density at radius 2 is 2.00 bits per heavy atom. The van der Waals surface area contributed by atoms with Crippen LogP contribution in [0.15, 0.2) is 23.8 Å². The van der Waals surface area contributed by atoms with Crippen molar-refractivity contribution < 1.29 is 8.78 Å². The minimum Gasteiger partial charge on any atom is -0.271 e. The van der Waals surface area contributed by atoms with Crippen molar-refractivity contribution in [3.8, 4) is 0 Å². The van der Waals surface area contributed by atoms with Crippen LogP contribution in [-0.4, -0.2) is 0 Å². The molecule has 1 rings (SSSR count). The summed E-state index contributed by atoms with van der Waals surface area (Å²) in [4.78, 5) is 0. The molecular formula is C12H16F2N2. The number of nitrogens with two attached hydrogens (primary N) is 1. The zero-order chi connectivity index (χ0) is 12.3. The molecule has 1 aromatic carbocycles. The van der Waals surface area contributed by atoms with Gasteiger partial charge in [0.1, 0.15) is 11.6 Å². The molecule has 0 aliphatic carbocycles. The van der Waals surface area contributed by atoms with Crippen molar-refractivity contribution in [3.05, 3.63) is 46.5 Å². The molecule has 1 atom stereocenters. The number of aryl methyl sites for hydroxylation is 1. The number of hydrazine groups is 1. The van der Waals surface area contributed by atoms with Gasteiger partial charge in [-0.2, -0.15) is 0 Å². The van der Waals surface area contributed by atoms with Gasteiger partial charge in [-0.15, -0.1) is 0 Å². The third kappa shape index (κ3) is 2.65. The summed E-state index contributed by atoms with van der Waals surface area (Å²) in [6.07, 6.45) is 1.68. The summed E-state index contributed by atoms with van der Waals surface area (Å²) in [5, 5.41) is 0. The second kappa shape index (κ2) is 5.18. The molecule has 1 aromatic rings. The Bertz CT molecular complexity index is 410. The second-order valence-corrected chi connectivity index (χ2v) is 3.98. The molecule has 0 aliphatic rings. The van der Waals surface area contributed by atoms with Crippen LogP contribution in [0.4, 0.5) is 8.78 Å². The number of halogens is 2. The lowest BCUT2D eigenvalue weighted by molar-refractivity contribution is 0.511. The van der Waals surface area contributed by atoms with E-state index in [1.807, 2.05) is 13.8 Å². The number of benzene rings is 1. The summed E-state index contributed by atoms with van der Waals surface area (Å²) < 4.78 is 27.3. The Balaban J connectivity index is 3.29. The predicted molar refractivity (Wildman–Crippen MR) is 60.6 cm³/mol. The maximum Gasteiger partial charge on any atom is 0.134 e. The van der Waals surface area contributed by atoms with E-state index < -0.39 is 17.7 Å². The van der Waals surface area contributed by atoms with E-state index in [4.69, 9.17) is 5.84 Å². The van der Waals surface area contributed by atoms with Crippen LogP contribution in [0.2, 0.25) is 0 Å². The average Bonchev–Trinajstić information content (AvgIpc) is 2.22. The molecule has 88 valence electrons. The summed E-state index contributed by atoms with van der Waals surface area (Å²) in [6, 6.07) is 2.01. The molecule has 0 saturated heterocycles. The molecule has 1 unspecified atom stereocenters. The van der Waals surface area contributed by atoms with Crippen molar-refractivity contribution in [3.63, 3.8) is 0 Å². The van der Waals surface area contributed by atoms with E-state index in [1.54, 1.807) is 13.0 Å². The van der Waals surface area contributed by atoms with Crippen LogP contribution in [-0.2, 0) is 0 Å². The number of allylic oxidation sites excluding steroid dienone is 1. The smallest absolute Gasteiger partial charge is 0.134 e. The largest absolute Gasteiger partial charge is 0.271 e. The van der Waals surface area contributed by atoms with E-state index in [0.29, 0.717) is 5.56 Å². The van der Waals surface area contributed by atoms with E-state index in [9.17, 15) is 8.78 Å².